The van der Waals surface area contributed by atoms with Crippen molar-refractivity contribution in [2.75, 3.05) is 12.3 Å². The molecule has 0 bridgehead atoms. The standard InChI is InChI=1S/C16H24N2O2/c1-5-20-14-9-13(16(14,3)4)18-15(19)12-8-11(17)7-6-10(12)2/h6-8,13-14H,5,9,17H2,1-4H3,(H,18,19). The molecular weight excluding hydrogens is 252 g/mol. The first-order chi connectivity index (χ1) is 9.36. The van der Waals surface area contributed by atoms with Crippen LogP contribution in [-0.4, -0.2) is 24.7 Å². The average molecular weight is 276 g/mol. The van der Waals surface area contributed by atoms with Gasteiger partial charge in [-0.05, 0) is 38.0 Å². The second kappa shape index (κ2) is 5.44. The molecule has 2 atom stereocenters. The molecule has 4 nitrogen and oxygen atoms in total. The number of aryl methyl sites for hydroxylation is 1. The van der Waals surface area contributed by atoms with Gasteiger partial charge in [0.2, 0.25) is 0 Å². The van der Waals surface area contributed by atoms with Crippen LogP contribution in [-0.2, 0) is 4.74 Å². The minimum absolute atomic E-state index is 0.0279. The van der Waals surface area contributed by atoms with Crippen LogP contribution in [0.5, 0.6) is 0 Å². The summed E-state index contributed by atoms with van der Waals surface area (Å²) in [7, 11) is 0. The number of benzene rings is 1. The van der Waals surface area contributed by atoms with E-state index in [1.807, 2.05) is 26.0 Å². The number of ether oxygens (including phenoxy) is 1. The predicted octanol–water partition coefficient (Wildman–Crippen LogP) is 2.51. The topological polar surface area (TPSA) is 64.3 Å². The number of amides is 1. The summed E-state index contributed by atoms with van der Waals surface area (Å²) in [5, 5.41) is 3.10. The fourth-order valence-corrected chi connectivity index (χ4v) is 2.73. The normalized spacial score (nSPS) is 24.0. The van der Waals surface area contributed by atoms with Crippen molar-refractivity contribution in [1.29, 1.82) is 0 Å². The van der Waals surface area contributed by atoms with Gasteiger partial charge in [-0.25, -0.2) is 0 Å². The number of hydrogen-bond donors (Lipinski definition) is 2. The van der Waals surface area contributed by atoms with Crippen molar-refractivity contribution in [3.8, 4) is 0 Å². The molecule has 110 valence electrons. The first-order valence-corrected chi connectivity index (χ1v) is 7.14. The maximum atomic E-state index is 12.4. The summed E-state index contributed by atoms with van der Waals surface area (Å²) in [5.41, 5.74) is 7.93. The van der Waals surface area contributed by atoms with Gasteiger partial charge >= 0.3 is 0 Å². The highest BCUT2D eigenvalue weighted by Crippen LogP contribution is 2.42. The Morgan fingerprint density at radius 2 is 2.20 bits per heavy atom. The van der Waals surface area contributed by atoms with Crippen LogP contribution in [0.25, 0.3) is 0 Å². The molecule has 3 N–H and O–H groups in total. The minimum Gasteiger partial charge on any atom is -0.399 e. The Labute approximate surface area is 120 Å². The van der Waals surface area contributed by atoms with E-state index in [1.54, 1.807) is 6.07 Å². The molecular formula is C16H24N2O2. The zero-order valence-corrected chi connectivity index (χ0v) is 12.7. The molecule has 20 heavy (non-hydrogen) atoms. The van der Waals surface area contributed by atoms with E-state index in [1.165, 1.54) is 0 Å². The molecule has 0 saturated heterocycles. The molecule has 0 aromatic heterocycles. The van der Waals surface area contributed by atoms with E-state index in [4.69, 9.17) is 10.5 Å². The molecule has 0 radical (unpaired) electrons. The lowest BCUT2D eigenvalue weighted by atomic mass is 9.64. The fourth-order valence-electron chi connectivity index (χ4n) is 2.73. The maximum Gasteiger partial charge on any atom is 0.251 e. The zero-order chi connectivity index (χ0) is 14.9. The van der Waals surface area contributed by atoms with Crippen molar-refractivity contribution in [2.24, 2.45) is 5.41 Å². The van der Waals surface area contributed by atoms with Gasteiger partial charge in [0.1, 0.15) is 0 Å². The first-order valence-electron chi connectivity index (χ1n) is 7.14. The molecule has 1 fully saturated rings. The van der Waals surface area contributed by atoms with E-state index in [-0.39, 0.29) is 23.5 Å². The highest BCUT2D eigenvalue weighted by Gasteiger charge is 2.49. The third-order valence-corrected chi connectivity index (χ3v) is 4.36. The summed E-state index contributed by atoms with van der Waals surface area (Å²) in [4.78, 5) is 12.4. The van der Waals surface area contributed by atoms with Gasteiger partial charge in [0.15, 0.2) is 0 Å². The Hall–Kier alpha value is -1.55. The lowest BCUT2D eigenvalue weighted by molar-refractivity contribution is -0.111. The fraction of sp³-hybridized carbons (Fsp3) is 0.562. The van der Waals surface area contributed by atoms with Crippen molar-refractivity contribution in [1.82, 2.24) is 5.32 Å². The van der Waals surface area contributed by atoms with Crippen LogP contribution in [0, 0.1) is 12.3 Å². The first kappa shape index (κ1) is 14.9. The second-order valence-electron chi connectivity index (χ2n) is 6.10. The molecule has 1 aromatic rings. The SMILES string of the molecule is CCOC1CC(NC(=O)c2cc(N)ccc2C)C1(C)C. The summed E-state index contributed by atoms with van der Waals surface area (Å²) in [6.45, 7) is 8.90. The van der Waals surface area contributed by atoms with Crippen LogP contribution < -0.4 is 11.1 Å². The largest absolute Gasteiger partial charge is 0.399 e. The highest BCUT2D eigenvalue weighted by molar-refractivity contribution is 5.96. The monoisotopic (exact) mass is 276 g/mol. The van der Waals surface area contributed by atoms with Crippen molar-refractivity contribution in [3.05, 3.63) is 29.3 Å². The molecule has 2 unspecified atom stereocenters. The van der Waals surface area contributed by atoms with E-state index in [0.29, 0.717) is 17.9 Å². The predicted molar refractivity (Wildman–Crippen MR) is 80.7 cm³/mol. The second-order valence-corrected chi connectivity index (χ2v) is 6.10. The zero-order valence-electron chi connectivity index (χ0n) is 12.7. The molecule has 1 aromatic carbocycles. The molecule has 0 aliphatic heterocycles. The van der Waals surface area contributed by atoms with Gasteiger partial charge in [-0.2, -0.15) is 0 Å². The number of anilines is 1. The van der Waals surface area contributed by atoms with E-state index in [2.05, 4.69) is 19.2 Å². The van der Waals surface area contributed by atoms with Crippen LogP contribution in [0.15, 0.2) is 18.2 Å². The van der Waals surface area contributed by atoms with Crippen LogP contribution in [0.4, 0.5) is 5.69 Å². The summed E-state index contributed by atoms with van der Waals surface area (Å²) < 4.78 is 5.68. The Morgan fingerprint density at radius 1 is 1.50 bits per heavy atom. The number of carbonyl (C=O) groups is 1. The molecule has 1 aliphatic carbocycles. The van der Waals surface area contributed by atoms with Gasteiger partial charge in [-0.3, -0.25) is 4.79 Å². The van der Waals surface area contributed by atoms with E-state index in [9.17, 15) is 4.79 Å². The van der Waals surface area contributed by atoms with E-state index in [0.717, 1.165) is 12.0 Å². The van der Waals surface area contributed by atoms with Gasteiger partial charge in [0.05, 0.1) is 6.10 Å². The smallest absolute Gasteiger partial charge is 0.251 e. The molecule has 1 saturated carbocycles. The van der Waals surface area contributed by atoms with Gasteiger partial charge in [0.25, 0.3) is 5.91 Å². The van der Waals surface area contributed by atoms with Gasteiger partial charge in [-0.1, -0.05) is 19.9 Å². The summed E-state index contributed by atoms with van der Waals surface area (Å²) in [6, 6.07) is 5.56. The molecule has 2 rings (SSSR count). The van der Waals surface area contributed by atoms with Gasteiger partial charge in [0, 0.05) is 29.3 Å². The summed E-state index contributed by atoms with van der Waals surface area (Å²) >= 11 is 0. The van der Waals surface area contributed by atoms with E-state index < -0.39 is 0 Å². The third kappa shape index (κ3) is 2.66. The molecule has 4 heteroatoms. The van der Waals surface area contributed by atoms with Gasteiger partial charge < -0.3 is 15.8 Å². The highest BCUT2D eigenvalue weighted by atomic mass is 16.5. The van der Waals surface area contributed by atoms with Crippen LogP contribution in [0.3, 0.4) is 0 Å². The van der Waals surface area contributed by atoms with Crippen LogP contribution in [0.2, 0.25) is 0 Å². The summed E-state index contributed by atoms with van der Waals surface area (Å²) in [5.74, 6) is -0.0529. The van der Waals surface area contributed by atoms with Crippen LogP contribution >= 0.6 is 0 Å². The van der Waals surface area contributed by atoms with E-state index >= 15 is 0 Å². The third-order valence-electron chi connectivity index (χ3n) is 4.36. The van der Waals surface area contributed by atoms with Crippen molar-refractivity contribution in [2.45, 2.75) is 46.3 Å². The number of hydrogen-bond acceptors (Lipinski definition) is 3. The maximum absolute atomic E-state index is 12.4. The number of rotatable bonds is 4. The van der Waals surface area contributed by atoms with Gasteiger partial charge in [-0.15, -0.1) is 0 Å². The Morgan fingerprint density at radius 3 is 2.80 bits per heavy atom. The molecule has 1 aliphatic rings. The number of carbonyl (C=O) groups excluding carboxylic acids is 1. The Kier molecular flexibility index (Phi) is 4.04. The molecule has 0 heterocycles. The molecule has 1 amide bonds. The lowest BCUT2D eigenvalue weighted by Gasteiger charge is -2.51. The molecule has 0 spiro atoms. The number of nitrogen functional groups attached to an aromatic ring is 1. The van der Waals surface area contributed by atoms with Crippen molar-refractivity contribution >= 4 is 11.6 Å². The average Bonchev–Trinajstić information content (AvgIpc) is 2.40. The Balaban J connectivity index is 2.05. The quantitative estimate of drug-likeness (QED) is 0.831. The van der Waals surface area contributed by atoms with Crippen molar-refractivity contribution < 1.29 is 9.53 Å². The van der Waals surface area contributed by atoms with Crippen molar-refractivity contribution in [3.63, 3.8) is 0 Å². The Bertz CT molecular complexity index is 511. The van der Waals surface area contributed by atoms with Crippen LogP contribution in [0.1, 0.15) is 43.1 Å². The number of nitrogens with two attached hydrogens (primary N) is 1. The summed E-state index contributed by atoms with van der Waals surface area (Å²) in [6.07, 6.45) is 1.09. The minimum atomic E-state index is -0.0529. The lowest BCUT2D eigenvalue weighted by Crippen LogP contribution is -2.62. The number of nitrogens with one attached hydrogen (secondary N) is 1.